The first-order valence-corrected chi connectivity index (χ1v) is 9.34. The fraction of sp³-hybridized carbons (Fsp3) is 0.211. The van der Waals surface area contributed by atoms with Crippen LogP contribution in [-0.2, 0) is 0 Å². The topological polar surface area (TPSA) is 67.9 Å². The van der Waals surface area contributed by atoms with Gasteiger partial charge in [0.25, 0.3) is 0 Å². The molecule has 0 unspecified atom stereocenters. The van der Waals surface area contributed by atoms with Gasteiger partial charge in [-0.25, -0.2) is 4.98 Å². The summed E-state index contributed by atoms with van der Waals surface area (Å²) in [4.78, 5) is 16.8. The minimum absolute atomic E-state index is 0.0461. The summed E-state index contributed by atoms with van der Waals surface area (Å²) in [5, 5.41) is 8.12. The zero-order valence-corrected chi connectivity index (χ0v) is 16.2. The molecule has 2 aromatic carbocycles. The molecule has 0 saturated heterocycles. The summed E-state index contributed by atoms with van der Waals surface area (Å²) in [5.74, 6) is 1.51. The number of nitrogens with one attached hydrogen (secondary N) is 1. The van der Waals surface area contributed by atoms with Gasteiger partial charge in [0.2, 0.25) is 5.16 Å². The van der Waals surface area contributed by atoms with Crippen LogP contribution in [0.3, 0.4) is 0 Å². The smallest absolute Gasteiger partial charge is 0.209 e. The van der Waals surface area contributed by atoms with E-state index in [0.717, 1.165) is 11.1 Å². The maximum atomic E-state index is 12.4. The van der Waals surface area contributed by atoms with E-state index < -0.39 is 0 Å². The molecule has 0 saturated carbocycles. The lowest BCUT2D eigenvalue weighted by molar-refractivity contribution is 0.102. The standard InChI is InChI=1S/C19H18ClN3O2S/c1-11-4-5-13(8-12(11)2)16(24)10-26-19-21-18(22-23-19)15-9-14(20)6-7-17(15)25-3/h4-9H,10H2,1-3H3,(H,21,22,23). The Morgan fingerprint density at radius 2 is 2.00 bits per heavy atom. The van der Waals surface area contributed by atoms with Crippen molar-refractivity contribution in [1.82, 2.24) is 15.2 Å². The second-order valence-corrected chi connectivity index (χ2v) is 7.20. The number of ether oxygens (including phenoxy) is 1. The van der Waals surface area contributed by atoms with Crippen LogP contribution in [-0.4, -0.2) is 33.8 Å². The van der Waals surface area contributed by atoms with Gasteiger partial charge in [-0.1, -0.05) is 35.5 Å². The zero-order chi connectivity index (χ0) is 18.7. The first-order valence-electron chi connectivity index (χ1n) is 7.97. The highest BCUT2D eigenvalue weighted by atomic mass is 35.5. The van der Waals surface area contributed by atoms with Crippen LogP contribution in [0.1, 0.15) is 21.5 Å². The highest BCUT2D eigenvalue weighted by Gasteiger charge is 2.14. The van der Waals surface area contributed by atoms with E-state index >= 15 is 0 Å². The Balaban J connectivity index is 1.72. The van der Waals surface area contributed by atoms with Crippen LogP contribution in [0.5, 0.6) is 5.75 Å². The number of thioether (sulfide) groups is 1. The number of rotatable bonds is 6. The van der Waals surface area contributed by atoms with Gasteiger partial charge in [0.1, 0.15) is 5.75 Å². The number of Topliss-reactive ketones (excluding diaryl/α,β-unsaturated/α-hetero) is 1. The number of aromatic amines is 1. The second-order valence-electron chi connectivity index (χ2n) is 5.82. The van der Waals surface area contributed by atoms with Gasteiger partial charge >= 0.3 is 0 Å². The normalized spacial score (nSPS) is 10.8. The Kier molecular flexibility index (Phi) is 5.64. The number of ketones is 1. The Labute approximate surface area is 161 Å². The third-order valence-electron chi connectivity index (χ3n) is 4.04. The van der Waals surface area contributed by atoms with Gasteiger partial charge in [-0.2, -0.15) is 0 Å². The number of hydrogen-bond donors (Lipinski definition) is 1. The number of carbonyl (C=O) groups is 1. The van der Waals surface area contributed by atoms with Crippen LogP contribution in [0.4, 0.5) is 0 Å². The van der Waals surface area contributed by atoms with Gasteiger partial charge in [0.05, 0.1) is 18.4 Å². The minimum atomic E-state index is 0.0461. The lowest BCUT2D eigenvalue weighted by Crippen LogP contribution is -2.03. The fourth-order valence-electron chi connectivity index (χ4n) is 2.42. The van der Waals surface area contributed by atoms with Crippen LogP contribution in [0.25, 0.3) is 11.4 Å². The first kappa shape index (κ1) is 18.5. The van der Waals surface area contributed by atoms with Crippen molar-refractivity contribution in [3.8, 4) is 17.1 Å². The van der Waals surface area contributed by atoms with E-state index in [1.54, 1.807) is 25.3 Å². The molecule has 0 fully saturated rings. The van der Waals surface area contributed by atoms with Crippen molar-refractivity contribution in [2.24, 2.45) is 0 Å². The molecule has 0 atom stereocenters. The largest absolute Gasteiger partial charge is 0.496 e. The molecule has 7 heteroatoms. The third kappa shape index (κ3) is 4.08. The number of hydrogen-bond acceptors (Lipinski definition) is 5. The predicted octanol–water partition coefficient (Wildman–Crippen LogP) is 4.73. The van der Waals surface area contributed by atoms with E-state index in [0.29, 0.717) is 27.3 Å². The summed E-state index contributed by atoms with van der Waals surface area (Å²) in [6.45, 7) is 4.02. The number of methoxy groups -OCH3 is 1. The van der Waals surface area contributed by atoms with Gasteiger partial charge in [-0.3, -0.25) is 9.89 Å². The molecule has 0 bridgehead atoms. The predicted molar refractivity (Wildman–Crippen MR) is 104 cm³/mol. The number of benzene rings is 2. The quantitative estimate of drug-likeness (QED) is 0.489. The van der Waals surface area contributed by atoms with Gasteiger partial charge in [-0.05, 0) is 49.2 Å². The van der Waals surface area contributed by atoms with Crippen molar-refractivity contribution in [2.45, 2.75) is 19.0 Å². The first-order chi connectivity index (χ1) is 12.5. The average molecular weight is 388 g/mol. The molecular formula is C19H18ClN3O2S. The maximum absolute atomic E-state index is 12.4. The Hall–Kier alpha value is -2.31. The molecule has 0 aliphatic rings. The summed E-state index contributed by atoms with van der Waals surface area (Å²) >= 11 is 7.35. The number of aromatic nitrogens is 3. The zero-order valence-electron chi connectivity index (χ0n) is 14.7. The molecule has 0 spiro atoms. The summed E-state index contributed by atoms with van der Waals surface area (Å²) in [6.07, 6.45) is 0. The monoisotopic (exact) mass is 387 g/mol. The van der Waals surface area contributed by atoms with E-state index in [4.69, 9.17) is 16.3 Å². The molecule has 26 heavy (non-hydrogen) atoms. The number of halogens is 1. The van der Waals surface area contributed by atoms with Crippen LogP contribution >= 0.6 is 23.4 Å². The van der Waals surface area contributed by atoms with Gasteiger partial charge in [0, 0.05) is 10.6 Å². The molecule has 134 valence electrons. The molecule has 1 heterocycles. The van der Waals surface area contributed by atoms with Crippen molar-refractivity contribution in [1.29, 1.82) is 0 Å². The number of carbonyl (C=O) groups excluding carboxylic acids is 1. The molecule has 0 amide bonds. The van der Waals surface area contributed by atoms with Crippen molar-refractivity contribution < 1.29 is 9.53 Å². The van der Waals surface area contributed by atoms with Gasteiger partial charge in [-0.15, -0.1) is 5.10 Å². The van der Waals surface area contributed by atoms with Crippen molar-refractivity contribution in [2.75, 3.05) is 12.9 Å². The summed E-state index contributed by atoms with van der Waals surface area (Å²) in [6, 6.07) is 11.0. The number of H-pyrrole nitrogens is 1. The Bertz CT molecular complexity index is 956. The van der Waals surface area contributed by atoms with Crippen LogP contribution in [0.15, 0.2) is 41.6 Å². The lowest BCUT2D eigenvalue weighted by Gasteiger charge is -2.05. The molecule has 0 radical (unpaired) electrons. The minimum Gasteiger partial charge on any atom is -0.496 e. The van der Waals surface area contributed by atoms with Crippen molar-refractivity contribution in [3.63, 3.8) is 0 Å². The van der Waals surface area contributed by atoms with Crippen LogP contribution in [0.2, 0.25) is 5.02 Å². The number of nitrogens with zero attached hydrogens (tertiary/aromatic N) is 2. The van der Waals surface area contributed by atoms with E-state index in [1.807, 2.05) is 32.0 Å². The highest BCUT2D eigenvalue weighted by Crippen LogP contribution is 2.31. The summed E-state index contributed by atoms with van der Waals surface area (Å²) in [5.41, 5.74) is 3.70. The van der Waals surface area contributed by atoms with Gasteiger partial charge < -0.3 is 4.74 Å². The summed E-state index contributed by atoms with van der Waals surface area (Å²) in [7, 11) is 1.58. The average Bonchev–Trinajstić information content (AvgIpc) is 3.11. The SMILES string of the molecule is COc1ccc(Cl)cc1-c1nc(SCC(=O)c2ccc(C)c(C)c2)n[nH]1. The van der Waals surface area contributed by atoms with E-state index in [1.165, 1.54) is 17.3 Å². The third-order valence-corrected chi connectivity index (χ3v) is 5.13. The van der Waals surface area contributed by atoms with Crippen LogP contribution in [0, 0.1) is 13.8 Å². The highest BCUT2D eigenvalue weighted by molar-refractivity contribution is 7.99. The Morgan fingerprint density at radius 3 is 2.73 bits per heavy atom. The molecule has 1 aromatic heterocycles. The molecular weight excluding hydrogens is 370 g/mol. The molecule has 3 aromatic rings. The van der Waals surface area contributed by atoms with E-state index in [9.17, 15) is 4.79 Å². The van der Waals surface area contributed by atoms with Crippen molar-refractivity contribution >= 4 is 29.1 Å². The fourth-order valence-corrected chi connectivity index (χ4v) is 3.29. The van der Waals surface area contributed by atoms with E-state index in [-0.39, 0.29) is 11.5 Å². The van der Waals surface area contributed by atoms with E-state index in [2.05, 4.69) is 15.2 Å². The molecule has 0 aliphatic carbocycles. The van der Waals surface area contributed by atoms with Crippen molar-refractivity contribution in [3.05, 3.63) is 58.1 Å². The molecule has 5 nitrogen and oxygen atoms in total. The van der Waals surface area contributed by atoms with Gasteiger partial charge in [0.15, 0.2) is 11.6 Å². The number of aryl methyl sites for hydroxylation is 2. The molecule has 1 N–H and O–H groups in total. The Morgan fingerprint density at radius 1 is 1.19 bits per heavy atom. The maximum Gasteiger partial charge on any atom is 0.209 e. The second kappa shape index (κ2) is 7.93. The summed E-state index contributed by atoms with van der Waals surface area (Å²) < 4.78 is 5.33. The van der Waals surface area contributed by atoms with Crippen LogP contribution < -0.4 is 4.74 Å². The molecule has 3 rings (SSSR count). The molecule has 0 aliphatic heterocycles. The lowest BCUT2D eigenvalue weighted by atomic mass is 10.0.